The third-order valence-electron chi connectivity index (χ3n) is 2.37. The fourth-order valence-electron chi connectivity index (χ4n) is 1.42. The Balaban J connectivity index is 0.000000531. The number of fused-ring (bicyclic) bond motifs is 1. The zero-order chi connectivity index (χ0) is 11.4. The van der Waals surface area contributed by atoms with E-state index in [1.807, 2.05) is 33.8 Å². The molecule has 0 N–H and O–H groups in total. The second-order valence-corrected chi connectivity index (χ2v) is 3.20. The Morgan fingerprint density at radius 3 is 2.47 bits per heavy atom. The number of nitrogens with zero attached hydrogens (tertiary/aromatic N) is 1. The van der Waals surface area contributed by atoms with E-state index in [0.717, 1.165) is 16.5 Å². The summed E-state index contributed by atoms with van der Waals surface area (Å²) in [6.07, 6.45) is 1.71. The standard InChI is InChI=1S/C11H10FN.C2H6/c1-7-6-13-11-9(8(7)2)4-3-5-10(11)12;1-2/h3-6H,1-2H3;1-2H3. The molecule has 2 heteroatoms. The van der Waals surface area contributed by atoms with Crippen LogP contribution in [-0.2, 0) is 0 Å². The summed E-state index contributed by atoms with van der Waals surface area (Å²) >= 11 is 0. The molecule has 1 heterocycles. The smallest absolute Gasteiger partial charge is 0.149 e. The minimum Gasteiger partial charge on any atom is -0.253 e. The molecule has 0 bridgehead atoms. The third kappa shape index (κ3) is 2.14. The average molecular weight is 205 g/mol. The lowest BCUT2D eigenvalue weighted by molar-refractivity contribution is 0.636. The van der Waals surface area contributed by atoms with Gasteiger partial charge in [0.05, 0.1) is 0 Å². The molecular formula is C13H16FN. The lowest BCUT2D eigenvalue weighted by atomic mass is 10.1. The van der Waals surface area contributed by atoms with Crippen LogP contribution in [0.15, 0.2) is 24.4 Å². The summed E-state index contributed by atoms with van der Waals surface area (Å²) in [5.41, 5.74) is 2.66. The zero-order valence-corrected chi connectivity index (χ0v) is 9.63. The van der Waals surface area contributed by atoms with Crippen LogP contribution in [-0.4, -0.2) is 4.98 Å². The summed E-state index contributed by atoms with van der Waals surface area (Å²) in [6, 6.07) is 5.05. The quantitative estimate of drug-likeness (QED) is 0.633. The molecule has 0 radical (unpaired) electrons. The highest BCUT2D eigenvalue weighted by Crippen LogP contribution is 2.20. The van der Waals surface area contributed by atoms with Crippen molar-refractivity contribution >= 4 is 10.9 Å². The molecule has 0 saturated carbocycles. The summed E-state index contributed by atoms with van der Waals surface area (Å²) in [5.74, 6) is -0.249. The number of aryl methyl sites for hydroxylation is 2. The molecular weight excluding hydrogens is 189 g/mol. The molecule has 2 rings (SSSR count). The minimum absolute atomic E-state index is 0.249. The summed E-state index contributed by atoms with van der Waals surface area (Å²) in [5, 5.41) is 0.903. The first-order valence-electron chi connectivity index (χ1n) is 5.20. The highest BCUT2D eigenvalue weighted by molar-refractivity contribution is 5.83. The van der Waals surface area contributed by atoms with Crippen LogP contribution in [0.3, 0.4) is 0 Å². The van der Waals surface area contributed by atoms with Crippen molar-refractivity contribution in [3.63, 3.8) is 0 Å². The molecule has 0 saturated heterocycles. The van der Waals surface area contributed by atoms with Gasteiger partial charge in [-0.2, -0.15) is 0 Å². The highest BCUT2D eigenvalue weighted by Gasteiger charge is 2.04. The molecule has 0 aliphatic heterocycles. The van der Waals surface area contributed by atoms with Crippen LogP contribution >= 0.6 is 0 Å². The predicted molar refractivity (Wildman–Crippen MR) is 62.5 cm³/mol. The van der Waals surface area contributed by atoms with Crippen molar-refractivity contribution < 1.29 is 4.39 Å². The van der Waals surface area contributed by atoms with Gasteiger partial charge in [-0.3, -0.25) is 4.98 Å². The van der Waals surface area contributed by atoms with E-state index in [9.17, 15) is 4.39 Å². The first-order valence-corrected chi connectivity index (χ1v) is 5.20. The van der Waals surface area contributed by atoms with Gasteiger partial charge >= 0.3 is 0 Å². The van der Waals surface area contributed by atoms with Crippen molar-refractivity contribution in [2.24, 2.45) is 0 Å². The SMILES string of the molecule is CC.Cc1cnc2c(F)cccc2c1C. The Morgan fingerprint density at radius 2 is 1.80 bits per heavy atom. The van der Waals surface area contributed by atoms with Crippen molar-refractivity contribution in [2.45, 2.75) is 27.7 Å². The van der Waals surface area contributed by atoms with Crippen LogP contribution in [0.25, 0.3) is 10.9 Å². The molecule has 1 aromatic heterocycles. The molecule has 80 valence electrons. The summed E-state index contributed by atoms with van der Waals surface area (Å²) in [7, 11) is 0. The summed E-state index contributed by atoms with van der Waals surface area (Å²) in [4.78, 5) is 4.07. The number of hydrogen-bond acceptors (Lipinski definition) is 1. The largest absolute Gasteiger partial charge is 0.253 e. The molecule has 0 amide bonds. The van der Waals surface area contributed by atoms with Crippen LogP contribution in [0.4, 0.5) is 4.39 Å². The van der Waals surface area contributed by atoms with Crippen LogP contribution in [0.1, 0.15) is 25.0 Å². The Kier molecular flexibility index (Phi) is 3.78. The maximum atomic E-state index is 13.2. The molecule has 2 aromatic rings. The number of aromatic nitrogens is 1. The molecule has 0 spiro atoms. The molecule has 1 nitrogen and oxygen atoms in total. The molecule has 0 aliphatic rings. The number of para-hydroxylation sites is 1. The average Bonchev–Trinajstić information content (AvgIpc) is 2.27. The molecule has 1 aromatic carbocycles. The van der Waals surface area contributed by atoms with E-state index in [-0.39, 0.29) is 5.82 Å². The van der Waals surface area contributed by atoms with Gasteiger partial charge in [0, 0.05) is 11.6 Å². The van der Waals surface area contributed by atoms with Crippen molar-refractivity contribution in [2.75, 3.05) is 0 Å². The van der Waals surface area contributed by atoms with Crippen molar-refractivity contribution in [1.82, 2.24) is 4.98 Å². The van der Waals surface area contributed by atoms with E-state index in [1.165, 1.54) is 6.07 Å². The molecule has 0 atom stereocenters. The van der Waals surface area contributed by atoms with Gasteiger partial charge in [-0.1, -0.05) is 26.0 Å². The number of halogens is 1. The summed E-state index contributed by atoms with van der Waals surface area (Å²) < 4.78 is 13.2. The number of benzene rings is 1. The van der Waals surface area contributed by atoms with E-state index in [2.05, 4.69) is 4.98 Å². The fourth-order valence-corrected chi connectivity index (χ4v) is 1.42. The van der Waals surface area contributed by atoms with Crippen LogP contribution in [0.5, 0.6) is 0 Å². The Labute approximate surface area is 90.0 Å². The number of pyridine rings is 1. The number of rotatable bonds is 0. The Hall–Kier alpha value is -1.44. The Morgan fingerprint density at radius 1 is 1.13 bits per heavy atom. The maximum absolute atomic E-state index is 13.2. The van der Waals surface area contributed by atoms with E-state index >= 15 is 0 Å². The summed E-state index contributed by atoms with van der Waals surface area (Å²) in [6.45, 7) is 7.96. The lowest BCUT2D eigenvalue weighted by Gasteiger charge is -2.04. The zero-order valence-electron chi connectivity index (χ0n) is 9.63. The molecule has 0 unspecified atom stereocenters. The van der Waals surface area contributed by atoms with Gasteiger partial charge in [0.25, 0.3) is 0 Å². The van der Waals surface area contributed by atoms with Gasteiger partial charge in [0.2, 0.25) is 0 Å². The van der Waals surface area contributed by atoms with Gasteiger partial charge in [0.1, 0.15) is 11.3 Å². The molecule has 0 fully saturated rings. The van der Waals surface area contributed by atoms with Gasteiger partial charge in [-0.15, -0.1) is 0 Å². The Bertz CT molecular complexity index is 463. The predicted octanol–water partition coefficient (Wildman–Crippen LogP) is 4.02. The third-order valence-corrected chi connectivity index (χ3v) is 2.37. The topological polar surface area (TPSA) is 12.9 Å². The first-order chi connectivity index (χ1) is 7.20. The number of hydrogen-bond donors (Lipinski definition) is 0. The van der Waals surface area contributed by atoms with E-state index < -0.39 is 0 Å². The van der Waals surface area contributed by atoms with Crippen LogP contribution in [0, 0.1) is 19.7 Å². The van der Waals surface area contributed by atoms with Gasteiger partial charge < -0.3 is 0 Å². The van der Waals surface area contributed by atoms with Gasteiger partial charge in [-0.05, 0) is 31.0 Å². The van der Waals surface area contributed by atoms with Crippen LogP contribution in [0.2, 0.25) is 0 Å². The van der Waals surface area contributed by atoms with Crippen molar-refractivity contribution in [1.29, 1.82) is 0 Å². The second-order valence-electron chi connectivity index (χ2n) is 3.20. The van der Waals surface area contributed by atoms with Crippen LogP contribution < -0.4 is 0 Å². The normalized spacial score (nSPS) is 9.67. The highest BCUT2D eigenvalue weighted by atomic mass is 19.1. The minimum atomic E-state index is -0.249. The molecule has 15 heavy (non-hydrogen) atoms. The van der Waals surface area contributed by atoms with E-state index in [0.29, 0.717) is 5.52 Å². The van der Waals surface area contributed by atoms with E-state index in [1.54, 1.807) is 12.3 Å². The monoisotopic (exact) mass is 205 g/mol. The van der Waals surface area contributed by atoms with E-state index in [4.69, 9.17) is 0 Å². The van der Waals surface area contributed by atoms with Crippen molar-refractivity contribution in [3.8, 4) is 0 Å². The van der Waals surface area contributed by atoms with Crippen molar-refractivity contribution in [3.05, 3.63) is 41.3 Å². The maximum Gasteiger partial charge on any atom is 0.149 e. The fraction of sp³-hybridized carbons (Fsp3) is 0.308. The lowest BCUT2D eigenvalue weighted by Crippen LogP contribution is -1.89. The first kappa shape index (κ1) is 11.6. The second kappa shape index (κ2) is 4.87. The van der Waals surface area contributed by atoms with Gasteiger partial charge in [-0.25, -0.2) is 4.39 Å². The molecule has 0 aliphatic carbocycles. The van der Waals surface area contributed by atoms with Gasteiger partial charge in [0.15, 0.2) is 0 Å².